The number of alkyl carbamates (subject to hydrolysis) is 1. The minimum absolute atomic E-state index is 0.0429. The molecule has 1 rings (SSSR count). The number of halogens is 2. The fourth-order valence-electron chi connectivity index (χ4n) is 1.33. The zero-order valence-electron chi connectivity index (χ0n) is 11.8. The molecule has 0 aromatic carbocycles. The Kier molecular flexibility index (Phi) is 6.63. The third-order valence-corrected chi connectivity index (χ3v) is 2.31. The van der Waals surface area contributed by atoms with Gasteiger partial charge in [-0.2, -0.15) is 0 Å². The molecular weight excluding hydrogens is 322 g/mol. The average molecular weight is 336 g/mol. The smallest absolute Gasteiger partial charge is 0.413 e. The van der Waals surface area contributed by atoms with Crippen LogP contribution in [0.5, 0.6) is 0 Å². The van der Waals surface area contributed by atoms with Crippen LogP contribution in [0.15, 0.2) is 6.20 Å². The summed E-state index contributed by atoms with van der Waals surface area (Å²) < 4.78 is 35.5. The van der Waals surface area contributed by atoms with Crippen LogP contribution in [0.4, 0.5) is 13.6 Å². The largest absolute Gasteiger partial charge is 0.460 e. The van der Waals surface area contributed by atoms with E-state index >= 15 is 0 Å². The summed E-state index contributed by atoms with van der Waals surface area (Å²) in [6.07, 6.45) is -2.84. The van der Waals surface area contributed by atoms with Crippen LogP contribution in [0.1, 0.15) is 36.6 Å². The molecule has 0 unspecified atom stereocenters. The number of aromatic nitrogens is 2. The molecule has 0 saturated carbocycles. The molecule has 1 amide bonds. The zero-order chi connectivity index (χ0) is 16.7. The first-order valence-electron chi connectivity index (χ1n) is 6.18. The molecule has 1 aromatic rings. The summed E-state index contributed by atoms with van der Waals surface area (Å²) in [5.74, 6) is -1.34. The number of esters is 1. The van der Waals surface area contributed by atoms with E-state index in [1.807, 2.05) is 0 Å². The van der Waals surface area contributed by atoms with Crippen molar-refractivity contribution in [2.75, 3.05) is 18.6 Å². The molecular formula is C11H14F2N4O4S. The first kappa shape index (κ1) is 17.8. The molecule has 1 heterocycles. The molecule has 0 aliphatic rings. The Morgan fingerprint density at radius 2 is 2.00 bits per heavy atom. The van der Waals surface area contributed by atoms with Gasteiger partial charge in [0.2, 0.25) is 5.82 Å². The Balaban J connectivity index is 2.89. The predicted molar refractivity (Wildman–Crippen MR) is 75.3 cm³/mol. The van der Waals surface area contributed by atoms with Gasteiger partial charge >= 0.3 is 12.1 Å². The van der Waals surface area contributed by atoms with E-state index in [1.165, 1.54) is 0 Å². The van der Waals surface area contributed by atoms with Crippen molar-refractivity contribution in [1.29, 1.82) is 0 Å². The number of carbonyl (C=O) groups is 2. The van der Waals surface area contributed by atoms with E-state index in [0.717, 1.165) is 10.9 Å². The van der Waals surface area contributed by atoms with E-state index in [0.29, 0.717) is 0 Å². The lowest BCUT2D eigenvalue weighted by molar-refractivity contribution is 0.0508. The molecule has 8 nitrogen and oxygen atoms in total. The van der Waals surface area contributed by atoms with Gasteiger partial charge < -0.3 is 9.47 Å². The third kappa shape index (κ3) is 4.91. The fourth-order valence-corrected chi connectivity index (χ4v) is 1.51. The van der Waals surface area contributed by atoms with Crippen molar-refractivity contribution in [2.45, 2.75) is 20.3 Å². The number of hydrogen-bond donors (Lipinski definition) is 2. The van der Waals surface area contributed by atoms with Crippen molar-refractivity contribution < 1.29 is 27.8 Å². The summed E-state index contributed by atoms with van der Waals surface area (Å²) in [5, 5.41) is 1.88. The summed E-state index contributed by atoms with van der Waals surface area (Å²) in [7, 11) is 0. The van der Waals surface area contributed by atoms with Gasteiger partial charge in [0.05, 0.1) is 19.4 Å². The Hall–Kier alpha value is -2.30. The minimum atomic E-state index is -2.89. The molecule has 0 aliphatic carbocycles. The van der Waals surface area contributed by atoms with Gasteiger partial charge in [-0.25, -0.2) is 28.0 Å². The number of ether oxygens (including phenoxy) is 2. The Morgan fingerprint density at radius 3 is 2.55 bits per heavy atom. The highest BCUT2D eigenvalue weighted by Gasteiger charge is 2.22. The van der Waals surface area contributed by atoms with E-state index in [9.17, 15) is 18.4 Å². The Morgan fingerprint density at radius 1 is 1.36 bits per heavy atom. The van der Waals surface area contributed by atoms with Crippen molar-refractivity contribution in [1.82, 2.24) is 15.0 Å². The maximum Gasteiger partial charge on any atom is 0.413 e. The normalized spacial score (nSPS) is 10.2. The number of amides is 1. The lowest BCUT2D eigenvalue weighted by atomic mass is 10.5. The monoisotopic (exact) mass is 336 g/mol. The maximum absolute atomic E-state index is 12.7. The van der Waals surface area contributed by atoms with E-state index in [2.05, 4.69) is 20.5 Å². The standard InChI is InChI=1S/C11H14F2N4O4S/c1-3-20-9(18)8-14-6(7(12)13)5-17(8)16-10(22)15-11(19)21-4-2/h5,7H,3-4H2,1-2H3,(H2,15,16,19,22). The Labute approximate surface area is 129 Å². The van der Waals surface area contributed by atoms with Crippen LogP contribution in [-0.2, 0) is 9.47 Å². The molecule has 22 heavy (non-hydrogen) atoms. The minimum Gasteiger partial charge on any atom is -0.460 e. The summed E-state index contributed by atoms with van der Waals surface area (Å²) in [5.41, 5.74) is 1.71. The van der Waals surface area contributed by atoms with Crippen LogP contribution in [0.25, 0.3) is 0 Å². The van der Waals surface area contributed by atoms with Crippen molar-refractivity contribution in [3.05, 3.63) is 17.7 Å². The quantitative estimate of drug-likeness (QED) is 0.622. The summed E-state index contributed by atoms with van der Waals surface area (Å²) >= 11 is 4.80. The highest BCUT2D eigenvalue weighted by atomic mass is 32.1. The molecule has 0 fully saturated rings. The SMILES string of the molecule is CCOC(=O)NC(=S)Nn1cc(C(F)F)nc1C(=O)OCC. The van der Waals surface area contributed by atoms with Crippen molar-refractivity contribution in [3.63, 3.8) is 0 Å². The third-order valence-electron chi connectivity index (χ3n) is 2.12. The lowest BCUT2D eigenvalue weighted by Gasteiger charge is -2.11. The fraction of sp³-hybridized carbons (Fsp3) is 0.455. The number of alkyl halides is 2. The van der Waals surface area contributed by atoms with Gasteiger partial charge in [0.1, 0.15) is 5.69 Å². The van der Waals surface area contributed by atoms with Gasteiger partial charge in [0.15, 0.2) is 5.11 Å². The van der Waals surface area contributed by atoms with E-state index < -0.39 is 30.0 Å². The summed E-state index contributed by atoms with van der Waals surface area (Å²) in [6, 6.07) is 0. The van der Waals surface area contributed by atoms with E-state index in [-0.39, 0.29) is 18.3 Å². The second-order valence-electron chi connectivity index (χ2n) is 3.67. The second kappa shape index (κ2) is 8.22. The van der Waals surface area contributed by atoms with Gasteiger partial charge in [0.25, 0.3) is 6.43 Å². The van der Waals surface area contributed by atoms with Crippen LogP contribution in [0.3, 0.4) is 0 Å². The topological polar surface area (TPSA) is 94.5 Å². The first-order valence-corrected chi connectivity index (χ1v) is 6.59. The number of hydrogen-bond acceptors (Lipinski definition) is 6. The van der Waals surface area contributed by atoms with Crippen LogP contribution >= 0.6 is 12.2 Å². The van der Waals surface area contributed by atoms with Crippen LogP contribution in [0.2, 0.25) is 0 Å². The average Bonchev–Trinajstić information content (AvgIpc) is 2.83. The summed E-state index contributed by atoms with van der Waals surface area (Å²) in [6.45, 7) is 3.32. The van der Waals surface area contributed by atoms with Crippen molar-refractivity contribution in [2.24, 2.45) is 0 Å². The lowest BCUT2D eigenvalue weighted by Crippen LogP contribution is -2.39. The highest BCUT2D eigenvalue weighted by molar-refractivity contribution is 7.80. The molecule has 1 aromatic heterocycles. The maximum atomic E-state index is 12.7. The number of thiocarbonyl (C=S) groups is 1. The number of carbonyl (C=O) groups excluding carboxylic acids is 2. The molecule has 0 atom stereocenters. The summed E-state index contributed by atoms with van der Waals surface area (Å²) in [4.78, 5) is 26.3. The van der Waals surface area contributed by atoms with Gasteiger partial charge in [-0.05, 0) is 26.1 Å². The highest BCUT2D eigenvalue weighted by Crippen LogP contribution is 2.17. The van der Waals surface area contributed by atoms with Crippen LogP contribution < -0.4 is 10.7 Å². The van der Waals surface area contributed by atoms with Gasteiger partial charge in [0, 0.05) is 0 Å². The van der Waals surface area contributed by atoms with Gasteiger partial charge in [-0.3, -0.25) is 10.7 Å². The van der Waals surface area contributed by atoms with Gasteiger partial charge in [-0.1, -0.05) is 0 Å². The number of rotatable bonds is 5. The first-order chi connectivity index (χ1) is 10.4. The molecule has 0 aliphatic heterocycles. The molecule has 11 heteroatoms. The Bertz CT molecular complexity index is 564. The van der Waals surface area contributed by atoms with Crippen molar-refractivity contribution in [3.8, 4) is 0 Å². The van der Waals surface area contributed by atoms with Gasteiger partial charge in [-0.15, -0.1) is 0 Å². The van der Waals surface area contributed by atoms with Crippen LogP contribution in [0, 0.1) is 0 Å². The van der Waals surface area contributed by atoms with Crippen LogP contribution in [-0.4, -0.2) is 40.0 Å². The number of nitrogens with zero attached hydrogens (tertiary/aromatic N) is 2. The van der Waals surface area contributed by atoms with E-state index in [1.54, 1.807) is 13.8 Å². The second-order valence-corrected chi connectivity index (χ2v) is 4.08. The van der Waals surface area contributed by atoms with E-state index in [4.69, 9.17) is 17.0 Å². The molecule has 0 spiro atoms. The molecule has 0 saturated heterocycles. The molecule has 0 radical (unpaired) electrons. The predicted octanol–water partition coefficient (Wildman–Crippen LogP) is 1.57. The zero-order valence-corrected chi connectivity index (χ0v) is 12.6. The molecule has 0 bridgehead atoms. The molecule has 122 valence electrons. The molecule has 2 N–H and O–H groups in total. The number of imidazole rings is 1. The van der Waals surface area contributed by atoms with Crippen molar-refractivity contribution >= 4 is 29.4 Å². The number of nitrogens with one attached hydrogen (secondary N) is 2.